The Hall–Kier alpha value is -1.59. The summed E-state index contributed by atoms with van der Waals surface area (Å²) in [6, 6.07) is 2.30. The van der Waals surface area contributed by atoms with Crippen LogP contribution in [-0.2, 0) is 6.18 Å². The Morgan fingerprint density at radius 2 is 1.90 bits per heavy atom. The summed E-state index contributed by atoms with van der Waals surface area (Å²) in [5.41, 5.74) is -1.58. The Balaban J connectivity index is 1.95. The van der Waals surface area contributed by atoms with E-state index in [0.29, 0.717) is 24.6 Å². The van der Waals surface area contributed by atoms with Gasteiger partial charge in [-0.1, -0.05) is 25.7 Å². The number of amides is 1. The maximum atomic E-state index is 13.1. The van der Waals surface area contributed by atoms with Crippen molar-refractivity contribution in [3.05, 3.63) is 35.1 Å². The molecule has 1 N–H and O–H groups in total. The lowest BCUT2D eigenvalue weighted by atomic mass is 10.0. The van der Waals surface area contributed by atoms with E-state index in [0.717, 1.165) is 25.3 Å². The number of alkyl halides is 3. The molecule has 1 aliphatic rings. The van der Waals surface area contributed by atoms with Gasteiger partial charge in [-0.2, -0.15) is 13.2 Å². The van der Waals surface area contributed by atoms with Gasteiger partial charge in [0.05, 0.1) is 5.56 Å². The standard InChI is InChI=1S/C15H17F4NO/c16-13-6-5-11(9-12(13)15(17,18)19)14(21)20-8-7-10-3-1-2-4-10/h5-6,9-10H,1-4,7-8H2,(H,20,21). The Labute approximate surface area is 120 Å². The maximum Gasteiger partial charge on any atom is 0.419 e. The van der Waals surface area contributed by atoms with Gasteiger partial charge in [-0.05, 0) is 30.5 Å². The number of halogens is 4. The highest BCUT2D eigenvalue weighted by atomic mass is 19.4. The quantitative estimate of drug-likeness (QED) is 0.832. The molecule has 1 fully saturated rings. The van der Waals surface area contributed by atoms with Crippen molar-refractivity contribution in [2.24, 2.45) is 5.92 Å². The Morgan fingerprint density at radius 1 is 1.24 bits per heavy atom. The van der Waals surface area contributed by atoms with Gasteiger partial charge in [-0.15, -0.1) is 0 Å². The smallest absolute Gasteiger partial charge is 0.352 e. The number of benzene rings is 1. The van der Waals surface area contributed by atoms with Crippen LogP contribution in [0.1, 0.15) is 48.0 Å². The predicted octanol–water partition coefficient (Wildman–Crippen LogP) is 4.15. The zero-order valence-corrected chi connectivity index (χ0v) is 11.5. The molecule has 0 unspecified atom stereocenters. The van der Waals surface area contributed by atoms with E-state index >= 15 is 0 Å². The van der Waals surface area contributed by atoms with Crippen molar-refractivity contribution in [3.63, 3.8) is 0 Å². The van der Waals surface area contributed by atoms with E-state index < -0.39 is 23.5 Å². The minimum atomic E-state index is -4.80. The van der Waals surface area contributed by atoms with Gasteiger partial charge in [0.2, 0.25) is 0 Å². The lowest BCUT2D eigenvalue weighted by molar-refractivity contribution is -0.140. The molecule has 2 rings (SSSR count). The first-order valence-electron chi connectivity index (χ1n) is 7.03. The molecule has 116 valence electrons. The van der Waals surface area contributed by atoms with Crippen molar-refractivity contribution in [3.8, 4) is 0 Å². The predicted molar refractivity (Wildman–Crippen MR) is 70.3 cm³/mol. The fourth-order valence-corrected chi connectivity index (χ4v) is 2.67. The molecule has 1 amide bonds. The van der Waals surface area contributed by atoms with Crippen LogP contribution in [0.15, 0.2) is 18.2 Å². The first-order chi connectivity index (χ1) is 9.88. The first kappa shape index (κ1) is 15.8. The summed E-state index contributed by atoms with van der Waals surface area (Å²) in [6.07, 6.45) is 0.718. The van der Waals surface area contributed by atoms with E-state index in [1.54, 1.807) is 0 Å². The van der Waals surface area contributed by atoms with Gasteiger partial charge in [-0.3, -0.25) is 4.79 Å². The molecule has 1 saturated carbocycles. The number of hydrogen-bond donors (Lipinski definition) is 1. The first-order valence-corrected chi connectivity index (χ1v) is 7.03. The lowest BCUT2D eigenvalue weighted by Gasteiger charge is -2.12. The highest BCUT2D eigenvalue weighted by molar-refractivity contribution is 5.94. The molecule has 1 aromatic rings. The van der Waals surface area contributed by atoms with E-state index in [1.807, 2.05) is 0 Å². The number of nitrogens with one attached hydrogen (secondary N) is 1. The molecule has 0 radical (unpaired) electrons. The zero-order valence-electron chi connectivity index (χ0n) is 11.5. The molecule has 0 atom stereocenters. The Bertz CT molecular complexity index is 507. The van der Waals surface area contributed by atoms with Crippen molar-refractivity contribution in [2.75, 3.05) is 6.54 Å². The number of carbonyl (C=O) groups excluding carboxylic acids is 1. The van der Waals surface area contributed by atoms with E-state index in [2.05, 4.69) is 5.32 Å². The zero-order chi connectivity index (χ0) is 15.5. The third-order valence-electron chi connectivity index (χ3n) is 3.85. The van der Waals surface area contributed by atoms with Crippen LogP contribution < -0.4 is 5.32 Å². The van der Waals surface area contributed by atoms with Crippen LogP contribution in [-0.4, -0.2) is 12.5 Å². The van der Waals surface area contributed by atoms with Gasteiger partial charge in [0.15, 0.2) is 0 Å². The molecule has 0 bridgehead atoms. The van der Waals surface area contributed by atoms with Gasteiger partial charge in [0.1, 0.15) is 5.82 Å². The van der Waals surface area contributed by atoms with Crippen molar-refractivity contribution in [1.82, 2.24) is 5.32 Å². The molecular weight excluding hydrogens is 286 g/mol. The summed E-state index contributed by atoms with van der Waals surface area (Å²) in [7, 11) is 0. The Kier molecular flexibility index (Phi) is 4.85. The molecule has 6 heteroatoms. The van der Waals surface area contributed by atoms with Gasteiger partial charge in [0.25, 0.3) is 5.91 Å². The van der Waals surface area contributed by atoms with Crippen molar-refractivity contribution in [1.29, 1.82) is 0 Å². The van der Waals surface area contributed by atoms with Crippen LogP contribution in [0.2, 0.25) is 0 Å². The van der Waals surface area contributed by atoms with Crippen LogP contribution in [0.4, 0.5) is 17.6 Å². The molecule has 1 aliphatic carbocycles. The van der Waals surface area contributed by atoms with E-state index in [4.69, 9.17) is 0 Å². The highest BCUT2D eigenvalue weighted by Crippen LogP contribution is 2.32. The van der Waals surface area contributed by atoms with E-state index in [1.165, 1.54) is 12.8 Å². The van der Waals surface area contributed by atoms with Crippen LogP contribution >= 0.6 is 0 Å². The van der Waals surface area contributed by atoms with Crippen LogP contribution in [0.5, 0.6) is 0 Å². The summed E-state index contributed by atoms with van der Waals surface area (Å²) in [5.74, 6) is -1.38. The second kappa shape index (κ2) is 6.45. The molecule has 21 heavy (non-hydrogen) atoms. The average molecular weight is 303 g/mol. The minimum absolute atomic E-state index is 0.171. The summed E-state index contributed by atoms with van der Waals surface area (Å²) in [4.78, 5) is 11.8. The molecule has 2 nitrogen and oxygen atoms in total. The normalized spacial score (nSPS) is 16.2. The molecule has 0 heterocycles. The summed E-state index contributed by atoms with van der Waals surface area (Å²) in [5, 5.41) is 2.60. The van der Waals surface area contributed by atoms with Crippen molar-refractivity contribution < 1.29 is 22.4 Å². The fraction of sp³-hybridized carbons (Fsp3) is 0.533. The third kappa shape index (κ3) is 4.19. The van der Waals surface area contributed by atoms with Crippen LogP contribution in [0.25, 0.3) is 0 Å². The van der Waals surface area contributed by atoms with Gasteiger partial charge in [-0.25, -0.2) is 4.39 Å². The van der Waals surface area contributed by atoms with Crippen LogP contribution in [0, 0.1) is 11.7 Å². The molecule has 0 spiro atoms. The summed E-state index contributed by atoms with van der Waals surface area (Å²) >= 11 is 0. The summed E-state index contributed by atoms with van der Waals surface area (Å²) < 4.78 is 50.9. The molecule has 0 aliphatic heterocycles. The second-order valence-electron chi connectivity index (χ2n) is 5.39. The molecule has 0 saturated heterocycles. The average Bonchev–Trinajstić information content (AvgIpc) is 2.91. The van der Waals surface area contributed by atoms with Crippen LogP contribution in [0.3, 0.4) is 0 Å². The lowest BCUT2D eigenvalue weighted by Crippen LogP contribution is -2.26. The largest absolute Gasteiger partial charge is 0.419 e. The molecule has 1 aromatic carbocycles. The minimum Gasteiger partial charge on any atom is -0.352 e. The monoisotopic (exact) mass is 303 g/mol. The van der Waals surface area contributed by atoms with E-state index in [-0.39, 0.29) is 5.56 Å². The maximum absolute atomic E-state index is 13.1. The number of rotatable bonds is 4. The molecular formula is C15H17F4NO. The SMILES string of the molecule is O=C(NCCC1CCCC1)c1ccc(F)c(C(F)(F)F)c1. The topological polar surface area (TPSA) is 29.1 Å². The summed E-state index contributed by atoms with van der Waals surface area (Å²) in [6.45, 7) is 0.433. The van der Waals surface area contributed by atoms with Gasteiger partial charge >= 0.3 is 6.18 Å². The third-order valence-corrected chi connectivity index (χ3v) is 3.85. The number of hydrogen-bond acceptors (Lipinski definition) is 1. The Morgan fingerprint density at radius 3 is 2.52 bits per heavy atom. The van der Waals surface area contributed by atoms with Gasteiger partial charge in [0, 0.05) is 12.1 Å². The van der Waals surface area contributed by atoms with E-state index in [9.17, 15) is 22.4 Å². The number of carbonyl (C=O) groups is 1. The highest BCUT2D eigenvalue weighted by Gasteiger charge is 2.34. The van der Waals surface area contributed by atoms with Crippen molar-refractivity contribution >= 4 is 5.91 Å². The fourth-order valence-electron chi connectivity index (χ4n) is 2.67. The van der Waals surface area contributed by atoms with Crippen molar-refractivity contribution in [2.45, 2.75) is 38.3 Å². The molecule has 0 aromatic heterocycles. The second-order valence-corrected chi connectivity index (χ2v) is 5.39. The van der Waals surface area contributed by atoms with Gasteiger partial charge < -0.3 is 5.32 Å².